The van der Waals surface area contributed by atoms with Crippen molar-refractivity contribution in [2.45, 2.75) is 60.6 Å². The Kier molecular flexibility index (Phi) is 10.1. The van der Waals surface area contributed by atoms with Gasteiger partial charge in [-0.2, -0.15) is 0 Å². The number of hydrogen-bond acceptors (Lipinski definition) is 2. The van der Waals surface area contributed by atoms with Gasteiger partial charge in [-0.15, -0.1) is 0 Å². The third-order valence-electron chi connectivity index (χ3n) is 10.4. The second-order valence-electron chi connectivity index (χ2n) is 13.3. The maximum atomic E-state index is 12.4. The van der Waals surface area contributed by atoms with E-state index < -0.39 is 20.7 Å². The van der Waals surface area contributed by atoms with Crippen LogP contribution in [0.3, 0.4) is 0 Å². The van der Waals surface area contributed by atoms with E-state index in [2.05, 4.69) is 135 Å². The summed E-state index contributed by atoms with van der Waals surface area (Å²) in [4.78, 5) is 24.8. The summed E-state index contributed by atoms with van der Waals surface area (Å²) >= 11 is -5.79. The molecule has 0 radical (unpaired) electrons. The molecule has 2 N–H and O–H groups in total. The molecule has 0 saturated carbocycles. The van der Waals surface area contributed by atoms with Crippen molar-refractivity contribution in [2.24, 2.45) is 0 Å². The van der Waals surface area contributed by atoms with Gasteiger partial charge >= 0.3 is 295 Å². The Bertz CT molecular complexity index is 1820. The average Bonchev–Trinajstić information content (AvgIpc) is 3.65. The first-order chi connectivity index (χ1) is 23.2. The van der Waals surface area contributed by atoms with E-state index >= 15 is 0 Å². The molecule has 48 heavy (non-hydrogen) atoms. The van der Waals surface area contributed by atoms with E-state index in [0.29, 0.717) is 12.8 Å². The quantitative estimate of drug-likeness (QED) is 0.105. The zero-order valence-corrected chi connectivity index (χ0v) is 32.0. The second-order valence-corrected chi connectivity index (χ2v) is 34.7. The summed E-state index contributed by atoms with van der Waals surface area (Å²) in [5.74, 6) is 0. The van der Waals surface area contributed by atoms with Crippen molar-refractivity contribution in [2.75, 3.05) is 0 Å². The summed E-state index contributed by atoms with van der Waals surface area (Å²) < 4.78 is -1.66. The van der Waals surface area contributed by atoms with Crippen LogP contribution in [0.15, 0.2) is 96.1 Å². The van der Waals surface area contributed by atoms with Gasteiger partial charge in [0.15, 0.2) is 0 Å². The minimum atomic E-state index is -5.79. The molecule has 4 aromatic carbocycles. The van der Waals surface area contributed by atoms with Crippen LogP contribution in [0.5, 0.6) is 0 Å². The predicted molar refractivity (Wildman–Crippen MR) is 200 cm³/mol. The van der Waals surface area contributed by atoms with Gasteiger partial charge in [0.1, 0.15) is 0 Å². The van der Waals surface area contributed by atoms with Gasteiger partial charge in [-0.25, -0.2) is 0 Å². The fourth-order valence-corrected chi connectivity index (χ4v) is 29.2. The molecular weight excluding hydrogens is 713 g/mol. The van der Waals surface area contributed by atoms with Crippen LogP contribution in [-0.4, -0.2) is 17.3 Å². The molecule has 0 spiro atoms. The van der Waals surface area contributed by atoms with Crippen LogP contribution in [0.4, 0.5) is 0 Å². The average molecular weight is 756 g/mol. The fraction of sp³-hybridized carbons (Fsp3) is 0.250. The van der Waals surface area contributed by atoms with Crippen LogP contribution in [0.25, 0.3) is 34.4 Å². The molecule has 0 bridgehead atoms. The minimum absolute atomic E-state index is 0.364. The third-order valence-corrected chi connectivity index (χ3v) is 30.4. The topological polar surface area (TPSA) is 58.2 Å². The summed E-state index contributed by atoms with van der Waals surface area (Å²) in [6, 6.07) is 29.7. The van der Waals surface area contributed by atoms with Gasteiger partial charge in [0, 0.05) is 0 Å². The number of carbonyl (C=O) groups is 2. The van der Waals surface area contributed by atoms with Gasteiger partial charge in [0.25, 0.3) is 0 Å². The number of allylic oxidation sites excluding steroid dienone is 2. The molecule has 245 valence electrons. The van der Waals surface area contributed by atoms with E-state index in [1.807, 2.05) is 0 Å². The number of hydrogen-bond donors (Lipinski definition) is 2. The SMILES string of the molecule is CCCC1=Cc2c(-c3ccccc3C)cccc2[CH]1[Zr]([Cl])([Cl])([B](NC=O)NC=O)[CH]1C(CCC)=Cc2c(-c3ccccc3C)cccc21. The Balaban J connectivity index is 1.68. The van der Waals surface area contributed by atoms with Crippen LogP contribution in [0.2, 0.25) is 0 Å². The summed E-state index contributed by atoms with van der Waals surface area (Å²) in [5, 5.41) is 5.94. The van der Waals surface area contributed by atoms with E-state index in [1.54, 1.807) is 0 Å². The monoisotopic (exact) mass is 753 g/mol. The van der Waals surface area contributed by atoms with Crippen LogP contribution < -0.4 is 10.5 Å². The number of fused-ring (bicyclic) bond motifs is 2. The molecule has 2 unspecified atom stereocenters. The Morgan fingerprint density at radius 1 is 0.625 bits per heavy atom. The Hall–Kier alpha value is -3.17. The summed E-state index contributed by atoms with van der Waals surface area (Å²) in [6.07, 6.45) is 9.24. The number of aryl methyl sites for hydroxylation is 2. The molecule has 4 nitrogen and oxygen atoms in total. The molecule has 4 aromatic rings. The molecule has 2 atom stereocenters. The van der Waals surface area contributed by atoms with Crippen molar-refractivity contribution >= 4 is 46.5 Å². The van der Waals surface area contributed by atoms with Crippen molar-refractivity contribution in [1.82, 2.24) is 10.5 Å². The van der Waals surface area contributed by atoms with Crippen molar-refractivity contribution in [3.05, 3.63) is 129 Å². The molecule has 8 heteroatoms. The van der Waals surface area contributed by atoms with Gasteiger partial charge in [0.2, 0.25) is 0 Å². The molecule has 0 saturated heterocycles. The molecular formula is C40H42BCl2N2O2Zr. The third kappa shape index (κ3) is 5.68. The predicted octanol–water partition coefficient (Wildman–Crippen LogP) is 10.3. The van der Waals surface area contributed by atoms with E-state index in [0.717, 1.165) is 81.3 Å². The first kappa shape index (κ1) is 34.7. The molecule has 2 aliphatic rings. The van der Waals surface area contributed by atoms with Gasteiger partial charge in [-0.05, 0) is 0 Å². The Morgan fingerprint density at radius 2 is 1.02 bits per heavy atom. The Morgan fingerprint density at radius 3 is 1.40 bits per heavy atom. The van der Waals surface area contributed by atoms with Crippen LogP contribution in [0.1, 0.15) is 80.2 Å². The number of carbonyl (C=O) groups excluding carboxylic acids is 2. The summed E-state index contributed by atoms with van der Waals surface area (Å²) in [6.45, 7) is 8.60. The number of rotatable bonds is 13. The zero-order valence-electron chi connectivity index (χ0n) is 28.0. The van der Waals surface area contributed by atoms with E-state index in [4.69, 9.17) is 17.0 Å². The molecule has 2 aliphatic carbocycles. The molecule has 0 fully saturated rings. The summed E-state index contributed by atoms with van der Waals surface area (Å²) in [5.41, 5.74) is 13.7. The second kappa shape index (κ2) is 14.0. The number of nitrogens with one attached hydrogen (secondary N) is 2. The first-order valence-electron chi connectivity index (χ1n) is 16.9. The van der Waals surface area contributed by atoms with E-state index in [1.165, 1.54) is 11.1 Å². The van der Waals surface area contributed by atoms with Crippen LogP contribution in [-0.2, 0) is 25.8 Å². The van der Waals surface area contributed by atoms with Crippen molar-refractivity contribution < 1.29 is 25.8 Å². The molecule has 0 aliphatic heterocycles. The molecule has 0 heterocycles. The first-order valence-corrected chi connectivity index (χ1v) is 27.5. The maximum absolute atomic E-state index is 12.4. The van der Waals surface area contributed by atoms with Gasteiger partial charge in [0.05, 0.1) is 0 Å². The molecule has 0 aromatic heterocycles. The normalized spacial score (nSPS) is 17.3. The number of benzene rings is 4. The molecule has 2 amide bonds. The van der Waals surface area contributed by atoms with Crippen LogP contribution in [0, 0.1) is 13.8 Å². The van der Waals surface area contributed by atoms with E-state index in [-0.39, 0.29) is 7.25 Å². The number of halogens is 2. The summed E-state index contributed by atoms with van der Waals surface area (Å²) in [7, 11) is 17.1. The van der Waals surface area contributed by atoms with Crippen molar-refractivity contribution in [1.29, 1.82) is 0 Å². The van der Waals surface area contributed by atoms with Gasteiger partial charge in [-0.1, -0.05) is 0 Å². The van der Waals surface area contributed by atoms with Crippen LogP contribution >= 0.6 is 17.0 Å². The van der Waals surface area contributed by atoms with Crippen molar-refractivity contribution in [3.8, 4) is 22.3 Å². The van der Waals surface area contributed by atoms with Crippen molar-refractivity contribution in [3.63, 3.8) is 0 Å². The van der Waals surface area contributed by atoms with E-state index in [9.17, 15) is 9.59 Å². The zero-order chi connectivity index (χ0) is 34.1. The molecule has 6 rings (SSSR count). The number of amides is 2. The standard InChI is InChI=1S/2C19H19.C2H3BN2O2.2ClH.Zr/c2*1-3-7-15-12-16-9-6-11-18(19(16)13-15)17-10-5-4-8-14(17)2;6-1-4-3-5-2-7;;;/h2*4-6,8-13H,3,7H2,1-2H3;1-2H,(H-,4,5,6,7);2*1H;/q;;;;;+1/p-1. The van der Waals surface area contributed by atoms with Gasteiger partial charge in [-0.3, -0.25) is 0 Å². The Labute approximate surface area is 293 Å². The fourth-order valence-electron chi connectivity index (χ4n) is 8.46. The van der Waals surface area contributed by atoms with Gasteiger partial charge < -0.3 is 0 Å².